The molecule has 1 aromatic heterocycles. The fraction of sp³-hybridized carbons (Fsp3) is 0.167. The van der Waals surface area contributed by atoms with Crippen LogP contribution in [0.3, 0.4) is 0 Å². The molecule has 5 heteroatoms. The third kappa shape index (κ3) is 2.90. The van der Waals surface area contributed by atoms with Crippen molar-refractivity contribution >= 4 is 35.0 Å². The van der Waals surface area contributed by atoms with E-state index in [1.807, 2.05) is 43.5 Å². The normalized spacial score (nSPS) is 10.3. The number of aryl methyl sites for hydroxylation is 1. The predicted molar refractivity (Wildman–Crippen MR) is 73.3 cm³/mol. The molecule has 0 bridgehead atoms. The van der Waals surface area contributed by atoms with Crippen LogP contribution in [0, 0.1) is 6.92 Å². The van der Waals surface area contributed by atoms with Gasteiger partial charge in [0.25, 0.3) is 0 Å². The summed E-state index contributed by atoms with van der Waals surface area (Å²) in [5, 5.41) is 4.56. The molecule has 0 fully saturated rings. The molecule has 1 heterocycles. The number of benzene rings is 1. The van der Waals surface area contributed by atoms with E-state index in [9.17, 15) is 0 Å². The van der Waals surface area contributed by atoms with Crippen molar-refractivity contribution in [2.24, 2.45) is 0 Å². The largest absolute Gasteiger partial charge is 0.324 e. The molecule has 0 unspecified atom stereocenters. The van der Waals surface area contributed by atoms with Crippen LogP contribution >= 0.6 is 23.4 Å². The molecule has 0 aliphatic carbocycles. The van der Waals surface area contributed by atoms with Crippen molar-refractivity contribution < 1.29 is 0 Å². The first kappa shape index (κ1) is 12.2. The van der Waals surface area contributed by atoms with E-state index in [-0.39, 0.29) is 0 Å². The molecular weight excluding hydrogens is 254 g/mol. The van der Waals surface area contributed by atoms with E-state index in [0.717, 1.165) is 16.4 Å². The Morgan fingerprint density at radius 2 is 1.88 bits per heavy atom. The topological polar surface area (TPSA) is 37.8 Å². The lowest BCUT2D eigenvalue weighted by Gasteiger charge is -2.08. The van der Waals surface area contributed by atoms with Gasteiger partial charge in [0.1, 0.15) is 5.03 Å². The molecule has 2 aromatic rings. The third-order valence-electron chi connectivity index (χ3n) is 2.21. The summed E-state index contributed by atoms with van der Waals surface area (Å²) in [5.41, 5.74) is 1.74. The molecule has 1 aromatic carbocycles. The summed E-state index contributed by atoms with van der Waals surface area (Å²) in [6, 6.07) is 9.81. The molecule has 0 saturated carbocycles. The van der Waals surface area contributed by atoms with Gasteiger partial charge >= 0.3 is 0 Å². The minimum Gasteiger partial charge on any atom is -0.324 e. The maximum Gasteiger partial charge on any atom is 0.228 e. The van der Waals surface area contributed by atoms with Gasteiger partial charge in [0.15, 0.2) is 0 Å². The summed E-state index contributed by atoms with van der Waals surface area (Å²) < 4.78 is 0. The molecule has 3 nitrogen and oxygen atoms in total. The number of halogens is 1. The van der Waals surface area contributed by atoms with Gasteiger partial charge in [-0.3, -0.25) is 0 Å². The van der Waals surface area contributed by atoms with Crippen molar-refractivity contribution in [3.63, 3.8) is 0 Å². The fourth-order valence-electron chi connectivity index (χ4n) is 1.37. The van der Waals surface area contributed by atoms with E-state index in [1.165, 1.54) is 11.8 Å². The van der Waals surface area contributed by atoms with Crippen LogP contribution < -0.4 is 5.32 Å². The average molecular weight is 266 g/mol. The van der Waals surface area contributed by atoms with Crippen molar-refractivity contribution in [1.29, 1.82) is 0 Å². The minimum absolute atomic E-state index is 0.572. The summed E-state index contributed by atoms with van der Waals surface area (Å²) in [7, 11) is 0. The first-order valence-electron chi connectivity index (χ1n) is 5.11. The maximum atomic E-state index is 6.09. The Bertz CT molecular complexity index is 517. The zero-order chi connectivity index (χ0) is 12.3. The number of thioether (sulfide) groups is 1. The second-order valence-corrected chi connectivity index (χ2v) is 4.62. The van der Waals surface area contributed by atoms with Gasteiger partial charge in [-0.2, -0.15) is 0 Å². The Morgan fingerprint density at radius 1 is 1.18 bits per heavy atom. The fourth-order valence-corrected chi connectivity index (χ4v) is 2.20. The third-order valence-corrected chi connectivity index (χ3v) is 3.46. The predicted octanol–water partition coefficient (Wildman–Crippen LogP) is 3.90. The lowest BCUT2D eigenvalue weighted by molar-refractivity contribution is 1.02. The van der Waals surface area contributed by atoms with Crippen LogP contribution in [0.2, 0.25) is 5.02 Å². The van der Waals surface area contributed by atoms with Gasteiger partial charge in [-0.15, -0.1) is 11.8 Å². The Hall–Kier alpha value is -1.26. The Labute approximate surface area is 110 Å². The molecular formula is C12H12ClN3S. The highest BCUT2D eigenvalue weighted by Gasteiger charge is 2.08. The summed E-state index contributed by atoms with van der Waals surface area (Å²) in [5.74, 6) is 0.572. The number of para-hydroxylation sites is 1. The van der Waals surface area contributed by atoms with Crippen molar-refractivity contribution in [2.75, 3.05) is 11.6 Å². The SMILES string of the molecule is CSc1nc(Nc2ccccc2)nc(C)c1Cl. The molecule has 0 aliphatic heterocycles. The molecule has 0 amide bonds. The van der Waals surface area contributed by atoms with Crippen LogP contribution in [-0.2, 0) is 0 Å². The monoisotopic (exact) mass is 265 g/mol. The lowest BCUT2D eigenvalue weighted by atomic mass is 10.3. The van der Waals surface area contributed by atoms with E-state index in [0.29, 0.717) is 11.0 Å². The van der Waals surface area contributed by atoms with Gasteiger partial charge in [-0.25, -0.2) is 9.97 Å². The van der Waals surface area contributed by atoms with Gasteiger partial charge in [-0.05, 0) is 25.3 Å². The Morgan fingerprint density at radius 3 is 2.53 bits per heavy atom. The minimum atomic E-state index is 0.572. The number of hydrogen-bond donors (Lipinski definition) is 1. The first-order chi connectivity index (χ1) is 8.20. The smallest absolute Gasteiger partial charge is 0.228 e. The van der Waals surface area contributed by atoms with Crippen LogP contribution in [0.25, 0.3) is 0 Å². The van der Waals surface area contributed by atoms with Crippen LogP contribution in [0.1, 0.15) is 5.69 Å². The number of hydrogen-bond acceptors (Lipinski definition) is 4. The maximum absolute atomic E-state index is 6.09. The molecule has 0 radical (unpaired) electrons. The van der Waals surface area contributed by atoms with Gasteiger partial charge in [-0.1, -0.05) is 29.8 Å². The number of anilines is 2. The lowest BCUT2D eigenvalue weighted by Crippen LogP contribution is -2.00. The van der Waals surface area contributed by atoms with Gasteiger partial charge in [0, 0.05) is 5.69 Å². The summed E-state index contributed by atoms with van der Waals surface area (Å²) in [6.07, 6.45) is 1.94. The van der Waals surface area contributed by atoms with Crippen molar-refractivity contribution in [2.45, 2.75) is 11.9 Å². The van der Waals surface area contributed by atoms with E-state index < -0.39 is 0 Å². The highest BCUT2D eigenvalue weighted by atomic mass is 35.5. The molecule has 0 saturated heterocycles. The number of aromatic nitrogens is 2. The van der Waals surface area contributed by atoms with Crippen molar-refractivity contribution in [3.05, 3.63) is 41.0 Å². The van der Waals surface area contributed by atoms with Crippen molar-refractivity contribution in [1.82, 2.24) is 9.97 Å². The Kier molecular flexibility index (Phi) is 3.86. The van der Waals surface area contributed by atoms with Crippen molar-refractivity contribution in [3.8, 4) is 0 Å². The highest BCUT2D eigenvalue weighted by molar-refractivity contribution is 7.98. The summed E-state index contributed by atoms with van der Waals surface area (Å²) in [6.45, 7) is 1.87. The van der Waals surface area contributed by atoms with Crippen LogP contribution in [0.15, 0.2) is 35.4 Å². The molecule has 88 valence electrons. The number of nitrogens with one attached hydrogen (secondary N) is 1. The number of rotatable bonds is 3. The highest BCUT2D eigenvalue weighted by Crippen LogP contribution is 2.27. The molecule has 0 aliphatic rings. The van der Waals surface area contributed by atoms with Crippen LogP contribution in [0.4, 0.5) is 11.6 Å². The molecule has 17 heavy (non-hydrogen) atoms. The standard InChI is InChI=1S/C12H12ClN3S/c1-8-10(13)11(17-2)16-12(14-8)15-9-6-4-3-5-7-9/h3-7H,1-2H3,(H,14,15,16). The molecule has 2 rings (SSSR count). The quantitative estimate of drug-likeness (QED) is 0.675. The van der Waals surface area contributed by atoms with Gasteiger partial charge < -0.3 is 5.32 Å². The number of nitrogens with zero attached hydrogens (tertiary/aromatic N) is 2. The second kappa shape index (κ2) is 5.38. The van der Waals surface area contributed by atoms with E-state index in [1.54, 1.807) is 0 Å². The zero-order valence-corrected chi connectivity index (χ0v) is 11.1. The van der Waals surface area contributed by atoms with E-state index >= 15 is 0 Å². The van der Waals surface area contributed by atoms with Crippen LogP contribution in [0.5, 0.6) is 0 Å². The van der Waals surface area contributed by atoms with Gasteiger partial charge in [0.2, 0.25) is 5.95 Å². The van der Waals surface area contributed by atoms with E-state index in [2.05, 4.69) is 15.3 Å². The summed E-state index contributed by atoms with van der Waals surface area (Å²) >= 11 is 7.61. The second-order valence-electron chi connectivity index (χ2n) is 3.45. The van der Waals surface area contributed by atoms with Crippen LogP contribution in [-0.4, -0.2) is 16.2 Å². The molecule has 1 N–H and O–H groups in total. The zero-order valence-electron chi connectivity index (χ0n) is 9.57. The average Bonchev–Trinajstić information content (AvgIpc) is 2.35. The van der Waals surface area contributed by atoms with Gasteiger partial charge in [0.05, 0.1) is 10.7 Å². The van der Waals surface area contributed by atoms with E-state index in [4.69, 9.17) is 11.6 Å². The molecule has 0 atom stereocenters. The first-order valence-corrected chi connectivity index (χ1v) is 6.71. The summed E-state index contributed by atoms with van der Waals surface area (Å²) in [4.78, 5) is 8.66. The molecule has 0 spiro atoms. The Balaban J connectivity index is 2.31.